The summed E-state index contributed by atoms with van der Waals surface area (Å²) in [5.41, 5.74) is -0.790. The van der Waals surface area contributed by atoms with Crippen LogP contribution in [0.2, 0.25) is 0 Å². The highest BCUT2D eigenvalue weighted by molar-refractivity contribution is 5.80. The van der Waals surface area contributed by atoms with Crippen molar-refractivity contribution in [3.8, 4) is 0 Å². The van der Waals surface area contributed by atoms with E-state index in [1.165, 1.54) is 0 Å². The van der Waals surface area contributed by atoms with Crippen LogP contribution in [0.5, 0.6) is 0 Å². The summed E-state index contributed by atoms with van der Waals surface area (Å²) in [5, 5.41) is 9.14. The van der Waals surface area contributed by atoms with Crippen molar-refractivity contribution >= 4 is 11.9 Å². The Morgan fingerprint density at radius 2 is 2.00 bits per heavy atom. The van der Waals surface area contributed by atoms with Crippen molar-refractivity contribution in [3.63, 3.8) is 0 Å². The molecule has 20 heavy (non-hydrogen) atoms. The lowest BCUT2D eigenvalue weighted by Crippen LogP contribution is -2.35. The van der Waals surface area contributed by atoms with Gasteiger partial charge in [0, 0.05) is 13.1 Å². The lowest BCUT2D eigenvalue weighted by atomic mass is 9.90. The van der Waals surface area contributed by atoms with Crippen LogP contribution in [-0.2, 0) is 14.3 Å². The van der Waals surface area contributed by atoms with Gasteiger partial charge >= 0.3 is 5.97 Å². The first-order valence-corrected chi connectivity index (χ1v) is 7.37. The normalized spacial score (nSPS) is 24.1. The van der Waals surface area contributed by atoms with Crippen molar-refractivity contribution in [3.05, 3.63) is 0 Å². The van der Waals surface area contributed by atoms with Crippen LogP contribution >= 0.6 is 0 Å². The minimum Gasteiger partial charge on any atom is -0.481 e. The average Bonchev–Trinajstić information content (AvgIpc) is 2.72. The molecule has 0 aliphatic carbocycles. The number of carbonyl (C=O) groups excluding carboxylic acids is 1. The van der Waals surface area contributed by atoms with Gasteiger partial charge in [0.25, 0.3) is 0 Å². The minimum atomic E-state index is -0.824. The van der Waals surface area contributed by atoms with E-state index in [2.05, 4.69) is 13.8 Å². The molecule has 0 aromatic heterocycles. The highest BCUT2D eigenvalue weighted by Gasteiger charge is 2.41. The predicted molar refractivity (Wildman–Crippen MR) is 76.4 cm³/mol. The van der Waals surface area contributed by atoms with Crippen LogP contribution in [-0.4, -0.2) is 47.7 Å². The van der Waals surface area contributed by atoms with Gasteiger partial charge in [0.1, 0.15) is 0 Å². The van der Waals surface area contributed by atoms with E-state index in [1.54, 1.807) is 11.8 Å². The molecule has 1 N–H and O–H groups in total. The zero-order chi connectivity index (χ0) is 15.3. The SMILES string of the molecule is CC(C)CC(C)OCCC(=O)N1CCC(C)(C(=O)O)C1. The summed E-state index contributed by atoms with van der Waals surface area (Å²) in [5.74, 6) is -0.253. The summed E-state index contributed by atoms with van der Waals surface area (Å²) < 4.78 is 5.62. The van der Waals surface area contributed by atoms with Crippen molar-refractivity contribution in [1.82, 2.24) is 4.90 Å². The van der Waals surface area contributed by atoms with E-state index in [4.69, 9.17) is 9.84 Å². The number of carboxylic acid groups (broad SMARTS) is 1. The van der Waals surface area contributed by atoms with Crippen LogP contribution in [0.25, 0.3) is 0 Å². The van der Waals surface area contributed by atoms with Crippen LogP contribution in [0, 0.1) is 11.3 Å². The molecule has 1 saturated heterocycles. The van der Waals surface area contributed by atoms with Gasteiger partial charge in [0.2, 0.25) is 5.91 Å². The van der Waals surface area contributed by atoms with Crippen LogP contribution in [0.4, 0.5) is 0 Å². The highest BCUT2D eigenvalue weighted by atomic mass is 16.5. The van der Waals surface area contributed by atoms with Crippen LogP contribution in [0.1, 0.15) is 47.0 Å². The number of amides is 1. The molecule has 5 nitrogen and oxygen atoms in total. The largest absolute Gasteiger partial charge is 0.481 e. The van der Waals surface area contributed by atoms with E-state index in [1.807, 2.05) is 6.92 Å². The van der Waals surface area contributed by atoms with Crippen molar-refractivity contribution in [1.29, 1.82) is 0 Å². The van der Waals surface area contributed by atoms with Gasteiger partial charge in [-0.25, -0.2) is 0 Å². The lowest BCUT2D eigenvalue weighted by Gasteiger charge is -2.21. The van der Waals surface area contributed by atoms with Crippen molar-refractivity contribution in [2.75, 3.05) is 19.7 Å². The fourth-order valence-corrected chi connectivity index (χ4v) is 2.59. The van der Waals surface area contributed by atoms with Crippen LogP contribution in [0.3, 0.4) is 0 Å². The number of hydrogen-bond donors (Lipinski definition) is 1. The summed E-state index contributed by atoms with van der Waals surface area (Å²) in [6, 6.07) is 0. The first-order chi connectivity index (χ1) is 9.24. The van der Waals surface area contributed by atoms with Gasteiger partial charge in [-0.15, -0.1) is 0 Å². The van der Waals surface area contributed by atoms with Crippen LogP contribution < -0.4 is 0 Å². The van der Waals surface area contributed by atoms with Crippen molar-refractivity contribution < 1.29 is 19.4 Å². The number of nitrogens with zero attached hydrogens (tertiary/aromatic N) is 1. The van der Waals surface area contributed by atoms with Gasteiger partial charge in [-0.2, -0.15) is 0 Å². The summed E-state index contributed by atoms with van der Waals surface area (Å²) in [6.45, 7) is 9.24. The molecule has 2 unspecified atom stereocenters. The van der Waals surface area contributed by atoms with Gasteiger partial charge < -0.3 is 14.7 Å². The highest BCUT2D eigenvalue weighted by Crippen LogP contribution is 2.30. The number of likely N-dealkylation sites (tertiary alicyclic amines) is 1. The van der Waals surface area contributed by atoms with E-state index >= 15 is 0 Å². The molecule has 1 amide bonds. The Hall–Kier alpha value is -1.10. The molecule has 0 saturated carbocycles. The molecule has 0 aromatic rings. The van der Waals surface area contributed by atoms with Crippen molar-refractivity contribution in [2.45, 2.75) is 53.1 Å². The Bertz CT molecular complexity index is 356. The Morgan fingerprint density at radius 3 is 2.50 bits per heavy atom. The number of hydrogen-bond acceptors (Lipinski definition) is 3. The van der Waals surface area contributed by atoms with E-state index in [0.29, 0.717) is 38.5 Å². The van der Waals surface area contributed by atoms with Crippen LogP contribution in [0.15, 0.2) is 0 Å². The second-order valence-electron chi connectivity index (χ2n) is 6.49. The van der Waals surface area contributed by atoms with Gasteiger partial charge in [-0.1, -0.05) is 13.8 Å². The Kier molecular flexibility index (Phi) is 5.99. The van der Waals surface area contributed by atoms with Gasteiger partial charge in [0.15, 0.2) is 0 Å². The topological polar surface area (TPSA) is 66.8 Å². The van der Waals surface area contributed by atoms with E-state index in [9.17, 15) is 9.59 Å². The fraction of sp³-hybridized carbons (Fsp3) is 0.867. The molecule has 1 aliphatic heterocycles. The number of carboxylic acids is 1. The average molecular weight is 285 g/mol. The maximum atomic E-state index is 12.0. The number of aliphatic carboxylic acids is 1. The minimum absolute atomic E-state index is 0.00766. The first kappa shape index (κ1) is 17.0. The predicted octanol–water partition coefficient (Wildman–Crippen LogP) is 2.15. The van der Waals surface area contributed by atoms with Crippen molar-refractivity contribution in [2.24, 2.45) is 11.3 Å². The van der Waals surface area contributed by atoms with E-state index in [0.717, 1.165) is 6.42 Å². The Morgan fingerprint density at radius 1 is 1.35 bits per heavy atom. The third kappa shape index (κ3) is 4.78. The summed E-state index contributed by atoms with van der Waals surface area (Å²) in [4.78, 5) is 24.8. The third-order valence-corrected chi connectivity index (χ3v) is 3.86. The second kappa shape index (κ2) is 7.07. The lowest BCUT2D eigenvalue weighted by molar-refractivity contribution is -0.147. The second-order valence-corrected chi connectivity index (χ2v) is 6.49. The maximum Gasteiger partial charge on any atom is 0.311 e. The fourth-order valence-electron chi connectivity index (χ4n) is 2.59. The molecule has 2 atom stereocenters. The quantitative estimate of drug-likeness (QED) is 0.778. The van der Waals surface area contributed by atoms with E-state index < -0.39 is 11.4 Å². The monoisotopic (exact) mass is 285 g/mol. The van der Waals surface area contributed by atoms with E-state index in [-0.39, 0.29) is 12.0 Å². The summed E-state index contributed by atoms with van der Waals surface area (Å²) in [7, 11) is 0. The number of rotatable bonds is 7. The van der Waals surface area contributed by atoms with Gasteiger partial charge in [-0.05, 0) is 32.6 Å². The molecule has 1 fully saturated rings. The molecule has 116 valence electrons. The first-order valence-electron chi connectivity index (χ1n) is 7.37. The Balaban J connectivity index is 2.29. The smallest absolute Gasteiger partial charge is 0.311 e. The molecule has 5 heteroatoms. The molecular formula is C15H27NO4. The maximum absolute atomic E-state index is 12.0. The third-order valence-electron chi connectivity index (χ3n) is 3.86. The Labute approximate surface area is 121 Å². The number of carbonyl (C=O) groups is 2. The molecule has 0 radical (unpaired) electrons. The standard InChI is InChI=1S/C15H27NO4/c1-11(2)9-12(3)20-8-5-13(17)16-7-6-15(4,10-16)14(18)19/h11-12H,5-10H2,1-4H3,(H,18,19). The molecule has 1 rings (SSSR count). The molecule has 0 aromatic carbocycles. The zero-order valence-corrected chi connectivity index (χ0v) is 13.0. The molecule has 0 spiro atoms. The molecular weight excluding hydrogens is 258 g/mol. The number of ether oxygens (including phenoxy) is 1. The van der Waals surface area contributed by atoms with Gasteiger partial charge in [0.05, 0.1) is 24.5 Å². The zero-order valence-electron chi connectivity index (χ0n) is 13.0. The molecule has 1 heterocycles. The summed E-state index contributed by atoms with van der Waals surface area (Å²) >= 11 is 0. The molecule has 1 aliphatic rings. The van der Waals surface area contributed by atoms with Gasteiger partial charge in [-0.3, -0.25) is 9.59 Å². The molecule has 0 bridgehead atoms. The summed E-state index contributed by atoms with van der Waals surface area (Å²) in [6.07, 6.45) is 2.00.